The topological polar surface area (TPSA) is 78.1 Å². The quantitative estimate of drug-likeness (QED) is 0.805. The number of hydrogen-bond acceptors (Lipinski definition) is 5. The number of primary amides is 1. The maximum absolute atomic E-state index is 11.2. The van der Waals surface area contributed by atoms with Gasteiger partial charge in [-0.15, -0.1) is 16.4 Å². The van der Waals surface area contributed by atoms with Crippen LogP contribution in [0.15, 0.2) is 36.5 Å². The van der Waals surface area contributed by atoms with E-state index in [1.165, 1.54) is 11.3 Å². The van der Waals surface area contributed by atoms with Gasteiger partial charge in [-0.1, -0.05) is 11.6 Å². The predicted molar refractivity (Wildman–Crippen MR) is 77.5 cm³/mol. The zero-order valence-electron chi connectivity index (χ0n) is 10.0. The Hall–Kier alpha value is -2.18. The average Bonchev–Trinajstić information content (AvgIpc) is 2.87. The smallest absolute Gasteiger partial charge is 0.258 e. The first-order valence-electron chi connectivity index (χ1n) is 5.62. The number of nitrogens with two attached hydrogens (primary N) is 1. The van der Waals surface area contributed by atoms with Gasteiger partial charge in [-0.05, 0) is 30.3 Å². The van der Waals surface area contributed by atoms with Crippen LogP contribution >= 0.6 is 22.9 Å². The molecule has 0 unspecified atom stereocenters. The van der Waals surface area contributed by atoms with E-state index >= 15 is 0 Å². The number of carbonyl (C=O) groups is 1. The molecule has 7 heteroatoms. The predicted octanol–water partition coefficient (Wildman–Crippen LogP) is 3.24. The maximum Gasteiger partial charge on any atom is 0.258 e. The van der Waals surface area contributed by atoms with E-state index < -0.39 is 5.91 Å². The van der Waals surface area contributed by atoms with Crippen molar-refractivity contribution < 1.29 is 9.53 Å². The number of hydrogen-bond donors (Lipinski definition) is 1. The van der Waals surface area contributed by atoms with Crippen LogP contribution in [0.4, 0.5) is 0 Å². The summed E-state index contributed by atoms with van der Waals surface area (Å²) in [6, 6.07) is 8.54. The third kappa shape index (κ3) is 2.43. The van der Waals surface area contributed by atoms with Crippen molar-refractivity contribution in [3.8, 4) is 11.6 Å². The molecule has 3 aromatic rings. The number of carbonyl (C=O) groups excluding carboxylic acids is 1. The van der Waals surface area contributed by atoms with Gasteiger partial charge in [0.25, 0.3) is 5.91 Å². The lowest BCUT2D eigenvalue weighted by Gasteiger charge is -2.04. The highest BCUT2D eigenvalue weighted by Crippen LogP contribution is 2.32. The molecule has 0 saturated carbocycles. The molecule has 0 bridgehead atoms. The van der Waals surface area contributed by atoms with Gasteiger partial charge in [-0.2, -0.15) is 5.10 Å². The number of aromatic nitrogens is 2. The Labute approximate surface area is 123 Å². The van der Waals surface area contributed by atoms with Crippen molar-refractivity contribution in [2.24, 2.45) is 5.73 Å². The standard InChI is InChI=1S/C13H8ClN3O2S/c14-7-1-3-8(4-2-7)19-13-9-5-10(12(15)18)20-11(9)6-16-17-13/h1-6H,(H2,15,18). The van der Waals surface area contributed by atoms with Crippen LogP contribution in [-0.4, -0.2) is 16.1 Å². The van der Waals surface area contributed by atoms with Crippen molar-refractivity contribution >= 4 is 38.9 Å². The van der Waals surface area contributed by atoms with E-state index in [0.717, 1.165) is 4.70 Å². The van der Waals surface area contributed by atoms with Crippen molar-refractivity contribution in [2.45, 2.75) is 0 Å². The molecule has 100 valence electrons. The van der Waals surface area contributed by atoms with Crippen LogP contribution in [-0.2, 0) is 0 Å². The van der Waals surface area contributed by atoms with Crippen molar-refractivity contribution in [1.82, 2.24) is 10.2 Å². The lowest BCUT2D eigenvalue weighted by molar-refractivity contribution is 0.100. The molecule has 0 saturated heterocycles. The summed E-state index contributed by atoms with van der Waals surface area (Å²) in [6.07, 6.45) is 1.57. The molecule has 0 radical (unpaired) electrons. The molecule has 2 aromatic heterocycles. The SMILES string of the molecule is NC(=O)c1cc2c(Oc3ccc(Cl)cc3)nncc2s1. The third-order valence-corrected chi connectivity index (χ3v) is 3.92. The number of benzene rings is 1. The summed E-state index contributed by atoms with van der Waals surface area (Å²) in [4.78, 5) is 11.7. The van der Waals surface area contributed by atoms with Crippen molar-refractivity contribution in [1.29, 1.82) is 0 Å². The van der Waals surface area contributed by atoms with Gasteiger partial charge in [0.1, 0.15) is 5.75 Å². The van der Waals surface area contributed by atoms with E-state index in [-0.39, 0.29) is 0 Å². The first-order valence-corrected chi connectivity index (χ1v) is 6.81. The van der Waals surface area contributed by atoms with Gasteiger partial charge < -0.3 is 10.5 Å². The van der Waals surface area contributed by atoms with E-state index in [0.29, 0.717) is 26.9 Å². The molecular weight excluding hydrogens is 298 g/mol. The lowest BCUT2D eigenvalue weighted by atomic mass is 10.3. The van der Waals surface area contributed by atoms with Gasteiger partial charge in [0.2, 0.25) is 5.88 Å². The highest BCUT2D eigenvalue weighted by molar-refractivity contribution is 7.20. The summed E-state index contributed by atoms with van der Waals surface area (Å²) in [5.74, 6) is 0.431. The molecular formula is C13H8ClN3O2S. The van der Waals surface area contributed by atoms with E-state index in [4.69, 9.17) is 22.1 Å². The minimum atomic E-state index is -0.483. The van der Waals surface area contributed by atoms with Gasteiger partial charge in [0, 0.05) is 5.02 Å². The molecule has 3 rings (SSSR count). The molecule has 1 aromatic carbocycles. The molecule has 0 aliphatic rings. The van der Waals surface area contributed by atoms with Gasteiger partial charge in [-0.3, -0.25) is 4.79 Å². The zero-order valence-corrected chi connectivity index (χ0v) is 11.6. The minimum Gasteiger partial charge on any atom is -0.437 e. The Balaban J connectivity index is 2.02. The third-order valence-electron chi connectivity index (χ3n) is 2.59. The molecule has 0 spiro atoms. The van der Waals surface area contributed by atoms with Crippen LogP contribution in [0.5, 0.6) is 11.6 Å². The van der Waals surface area contributed by atoms with E-state index in [2.05, 4.69) is 10.2 Å². The number of thiophene rings is 1. The molecule has 0 aliphatic carbocycles. The lowest BCUT2D eigenvalue weighted by Crippen LogP contribution is -2.08. The fourth-order valence-corrected chi connectivity index (χ4v) is 2.66. The summed E-state index contributed by atoms with van der Waals surface area (Å²) in [6.45, 7) is 0. The van der Waals surface area contributed by atoms with Crippen LogP contribution in [0.1, 0.15) is 9.67 Å². The zero-order chi connectivity index (χ0) is 14.1. The number of rotatable bonds is 3. The van der Waals surface area contributed by atoms with Crippen molar-refractivity contribution in [3.63, 3.8) is 0 Å². The summed E-state index contributed by atoms with van der Waals surface area (Å²) < 4.78 is 6.45. The summed E-state index contributed by atoms with van der Waals surface area (Å²) in [7, 11) is 0. The Kier molecular flexibility index (Phi) is 3.25. The monoisotopic (exact) mass is 305 g/mol. The van der Waals surface area contributed by atoms with Crippen molar-refractivity contribution in [2.75, 3.05) is 0 Å². The molecule has 5 nitrogen and oxygen atoms in total. The number of amides is 1. The Bertz CT molecular complexity index is 786. The second-order valence-electron chi connectivity index (χ2n) is 3.96. The number of halogens is 1. The first kappa shape index (κ1) is 12.8. The Morgan fingerprint density at radius 1 is 1.30 bits per heavy atom. The molecule has 0 atom stereocenters. The summed E-state index contributed by atoms with van der Waals surface area (Å²) in [5.41, 5.74) is 5.27. The van der Waals surface area contributed by atoms with Crippen LogP contribution in [0, 0.1) is 0 Å². The second-order valence-corrected chi connectivity index (χ2v) is 5.48. The van der Waals surface area contributed by atoms with Gasteiger partial charge >= 0.3 is 0 Å². The number of ether oxygens (including phenoxy) is 1. The number of nitrogens with zero attached hydrogens (tertiary/aromatic N) is 2. The Morgan fingerprint density at radius 2 is 2.05 bits per heavy atom. The van der Waals surface area contributed by atoms with Crippen LogP contribution in [0.3, 0.4) is 0 Å². The molecule has 0 fully saturated rings. The number of fused-ring (bicyclic) bond motifs is 1. The van der Waals surface area contributed by atoms with E-state index in [1.807, 2.05) is 0 Å². The highest BCUT2D eigenvalue weighted by atomic mass is 35.5. The largest absolute Gasteiger partial charge is 0.437 e. The molecule has 2 N–H and O–H groups in total. The van der Waals surface area contributed by atoms with Crippen LogP contribution < -0.4 is 10.5 Å². The van der Waals surface area contributed by atoms with E-state index in [9.17, 15) is 4.79 Å². The van der Waals surface area contributed by atoms with Gasteiger partial charge in [0.05, 0.1) is 21.2 Å². The first-order chi connectivity index (χ1) is 9.63. The second kappa shape index (κ2) is 5.07. The van der Waals surface area contributed by atoms with Crippen molar-refractivity contribution in [3.05, 3.63) is 46.4 Å². The van der Waals surface area contributed by atoms with E-state index in [1.54, 1.807) is 36.5 Å². The summed E-state index contributed by atoms with van der Waals surface area (Å²) in [5, 5.41) is 9.12. The van der Waals surface area contributed by atoms with Crippen LogP contribution in [0.25, 0.3) is 10.1 Å². The molecule has 0 aliphatic heterocycles. The maximum atomic E-state index is 11.2. The average molecular weight is 306 g/mol. The fraction of sp³-hybridized carbons (Fsp3) is 0. The normalized spacial score (nSPS) is 10.7. The molecule has 20 heavy (non-hydrogen) atoms. The van der Waals surface area contributed by atoms with Crippen LogP contribution in [0.2, 0.25) is 5.02 Å². The highest BCUT2D eigenvalue weighted by Gasteiger charge is 2.13. The molecule has 1 amide bonds. The summed E-state index contributed by atoms with van der Waals surface area (Å²) >= 11 is 7.07. The molecule has 2 heterocycles. The van der Waals surface area contributed by atoms with Gasteiger partial charge in [0.15, 0.2) is 0 Å². The fourth-order valence-electron chi connectivity index (χ4n) is 1.67. The Morgan fingerprint density at radius 3 is 2.75 bits per heavy atom. The minimum absolute atomic E-state index is 0.327. The van der Waals surface area contributed by atoms with Gasteiger partial charge in [-0.25, -0.2) is 0 Å².